The number of hydrogen-bond acceptors (Lipinski definition) is 4. The van der Waals surface area contributed by atoms with E-state index in [0.29, 0.717) is 30.8 Å². The standard InChI is InChI=1S/C20H20ClN3O4/c1-13-4-6-14(7-5-13)20(26)23-10-2-3-15(12-23)19(25)22-16-8-9-17(21)18(11-16)24(27)28/h4-9,11,15H,2-3,10,12H2,1H3,(H,22,25). The van der Waals surface area contributed by atoms with Crippen LogP contribution in [0.5, 0.6) is 0 Å². The lowest BCUT2D eigenvalue weighted by Crippen LogP contribution is -2.43. The van der Waals surface area contributed by atoms with Crippen LogP contribution in [0, 0.1) is 23.0 Å². The third-order valence-corrected chi connectivity index (χ3v) is 5.11. The van der Waals surface area contributed by atoms with Crippen LogP contribution in [-0.4, -0.2) is 34.7 Å². The van der Waals surface area contributed by atoms with Crippen LogP contribution < -0.4 is 5.32 Å². The quantitative estimate of drug-likeness (QED) is 0.617. The Bertz CT molecular complexity index is 914. The zero-order chi connectivity index (χ0) is 20.3. The number of hydrogen-bond donors (Lipinski definition) is 1. The van der Waals surface area contributed by atoms with Crippen molar-refractivity contribution in [3.8, 4) is 0 Å². The molecule has 2 amide bonds. The number of nitrogens with one attached hydrogen (secondary N) is 1. The number of carbonyl (C=O) groups excluding carboxylic acids is 2. The number of nitro benzene ring substituents is 1. The number of carbonyl (C=O) groups is 2. The summed E-state index contributed by atoms with van der Waals surface area (Å²) in [5.41, 5.74) is 1.71. The molecular formula is C20H20ClN3O4. The zero-order valence-electron chi connectivity index (χ0n) is 15.4. The molecule has 0 aliphatic carbocycles. The Morgan fingerprint density at radius 1 is 1.21 bits per heavy atom. The van der Waals surface area contributed by atoms with E-state index in [2.05, 4.69) is 5.32 Å². The summed E-state index contributed by atoms with van der Waals surface area (Å²) in [7, 11) is 0. The van der Waals surface area contributed by atoms with Crippen LogP contribution >= 0.6 is 11.6 Å². The minimum absolute atomic E-state index is 0.00975. The average Bonchev–Trinajstić information content (AvgIpc) is 2.69. The number of anilines is 1. The maximum Gasteiger partial charge on any atom is 0.289 e. The van der Waals surface area contributed by atoms with Crippen LogP contribution in [0.4, 0.5) is 11.4 Å². The molecular weight excluding hydrogens is 382 g/mol. The Morgan fingerprint density at radius 2 is 1.93 bits per heavy atom. The highest BCUT2D eigenvalue weighted by atomic mass is 35.5. The molecule has 1 N–H and O–H groups in total. The van der Waals surface area contributed by atoms with Gasteiger partial charge < -0.3 is 10.2 Å². The molecule has 1 aliphatic rings. The molecule has 2 aromatic carbocycles. The van der Waals surface area contributed by atoms with Gasteiger partial charge in [0.25, 0.3) is 11.6 Å². The summed E-state index contributed by atoms with van der Waals surface area (Å²) >= 11 is 5.80. The summed E-state index contributed by atoms with van der Waals surface area (Å²) in [6.45, 7) is 2.87. The summed E-state index contributed by atoms with van der Waals surface area (Å²) in [4.78, 5) is 37.4. The first-order valence-corrected chi connectivity index (χ1v) is 9.33. The summed E-state index contributed by atoms with van der Waals surface area (Å²) in [5, 5.41) is 13.7. The first kappa shape index (κ1) is 19.8. The van der Waals surface area contributed by atoms with E-state index in [1.165, 1.54) is 18.2 Å². The van der Waals surface area contributed by atoms with Gasteiger partial charge in [0.1, 0.15) is 5.02 Å². The molecule has 1 heterocycles. The molecule has 0 spiro atoms. The number of likely N-dealkylation sites (tertiary alicyclic amines) is 1. The lowest BCUT2D eigenvalue weighted by atomic mass is 9.96. The van der Waals surface area contributed by atoms with Crippen molar-refractivity contribution in [3.63, 3.8) is 0 Å². The highest BCUT2D eigenvalue weighted by molar-refractivity contribution is 6.32. The monoisotopic (exact) mass is 401 g/mol. The van der Waals surface area contributed by atoms with Gasteiger partial charge in [-0.2, -0.15) is 0 Å². The first-order chi connectivity index (χ1) is 13.3. The number of amides is 2. The van der Waals surface area contributed by atoms with Gasteiger partial charge in [0.15, 0.2) is 0 Å². The minimum Gasteiger partial charge on any atom is -0.338 e. The van der Waals surface area contributed by atoms with Crippen molar-refractivity contribution in [2.45, 2.75) is 19.8 Å². The molecule has 2 aromatic rings. The van der Waals surface area contributed by atoms with Crippen LogP contribution in [0.1, 0.15) is 28.8 Å². The van der Waals surface area contributed by atoms with Gasteiger partial charge in [-0.1, -0.05) is 29.3 Å². The molecule has 3 rings (SSSR count). The van der Waals surface area contributed by atoms with Gasteiger partial charge in [-0.25, -0.2) is 0 Å². The SMILES string of the molecule is Cc1ccc(C(=O)N2CCCC(C(=O)Nc3ccc(Cl)c([N+](=O)[O-])c3)C2)cc1. The number of benzene rings is 2. The van der Waals surface area contributed by atoms with Crippen molar-refractivity contribution in [3.05, 3.63) is 68.7 Å². The van der Waals surface area contributed by atoms with Gasteiger partial charge in [-0.3, -0.25) is 19.7 Å². The van der Waals surface area contributed by atoms with E-state index in [0.717, 1.165) is 12.0 Å². The Labute approximate surface area is 167 Å². The van der Waals surface area contributed by atoms with Gasteiger partial charge in [-0.05, 0) is 44.0 Å². The minimum atomic E-state index is -0.597. The summed E-state index contributed by atoms with van der Waals surface area (Å²) in [5.74, 6) is -0.740. The summed E-state index contributed by atoms with van der Waals surface area (Å²) in [6, 6.07) is 11.5. The van der Waals surface area contributed by atoms with Gasteiger partial charge >= 0.3 is 0 Å². The number of nitrogens with zero attached hydrogens (tertiary/aromatic N) is 2. The molecule has 0 bridgehead atoms. The van der Waals surface area contributed by atoms with Gasteiger partial charge in [0.05, 0.1) is 10.8 Å². The van der Waals surface area contributed by atoms with E-state index in [-0.39, 0.29) is 28.4 Å². The molecule has 1 unspecified atom stereocenters. The van der Waals surface area contributed by atoms with Gasteiger partial charge in [0, 0.05) is 30.4 Å². The Balaban J connectivity index is 1.67. The van der Waals surface area contributed by atoms with Gasteiger partial charge in [0.2, 0.25) is 5.91 Å². The molecule has 0 aromatic heterocycles. The van der Waals surface area contributed by atoms with Crippen LogP contribution in [-0.2, 0) is 4.79 Å². The molecule has 146 valence electrons. The maximum absolute atomic E-state index is 12.7. The number of piperidine rings is 1. The molecule has 1 atom stereocenters. The lowest BCUT2D eigenvalue weighted by molar-refractivity contribution is -0.384. The fourth-order valence-corrected chi connectivity index (χ4v) is 3.42. The summed E-state index contributed by atoms with van der Waals surface area (Å²) < 4.78 is 0. The van der Waals surface area contributed by atoms with E-state index in [1.54, 1.807) is 17.0 Å². The average molecular weight is 402 g/mol. The largest absolute Gasteiger partial charge is 0.338 e. The van der Waals surface area contributed by atoms with Crippen molar-refractivity contribution in [1.29, 1.82) is 0 Å². The predicted molar refractivity (Wildman–Crippen MR) is 107 cm³/mol. The summed E-state index contributed by atoms with van der Waals surface area (Å²) in [6.07, 6.45) is 1.37. The molecule has 28 heavy (non-hydrogen) atoms. The Kier molecular flexibility index (Phi) is 5.94. The third-order valence-electron chi connectivity index (χ3n) is 4.79. The molecule has 8 heteroatoms. The molecule has 0 saturated carbocycles. The molecule has 1 fully saturated rings. The number of nitro groups is 1. The highest BCUT2D eigenvalue weighted by Gasteiger charge is 2.29. The van der Waals surface area contributed by atoms with Crippen molar-refractivity contribution >= 4 is 34.8 Å². The smallest absolute Gasteiger partial charge is 0.289 e. The Hall–Kier alpha value is -2.93. The van der Waals surface area contributed by atoms with E-state index < -0.39 is 4.92 Å². The van der Waals surface area contributed by atoms with Crippen molar-refractivity contribution in [1.82, 2.24) is 4.90 Å². The van der Waals surface area contributed by atoms with E-state index in [1.807, 2.05) is 19.1 Å². The zero-order valence-corrected chi connectivity index (χ0v) is 16.1. The van der Waals surface area contributed by atoms with Crippen LogP contribution in [0.2, 0.25) is 5.02 Å². The fraction of sp³-hybridized carbons (Fsp3) is 0.300. The lowest BCUT2D eigenvalue weighted by Gasteiger charge is -2.32. The number of halogens is 1. The predicted octanol–water partition coefficient (Wildman–Crippen LogP) is 4.05. The van der Waals surface area contributed by atoms with Crippen LogP contribution in [0.25, 0.3) is 0 Å². The van der Waals surface area contributed by atoms with Gasteiger partial charge in [-0.15, -0.1) is 0 Å². The molecule has 1 aliphatic heterocycles. The molecule has 7 nitrogen and oxygen atoms in total. The molecule has 0 radical (unpaired) electrons. The van der Waals surface area contributed by atoms with E-state index >= 15 is 0 Å². The first-order valence-electron chi connectivity index (χ1n) is 8.96. The normalized spacial score (nSPS) is 16.5. The Morgan fingerprint density at radius 3 is 2.61 bits per heavy atom. The second-order valence-corrected chi connectivity index (χ2v) is 7.28. The van der Waals surface area contributed by atoms with E-state index in [4.69, 9.17) is 11.6 Å². The second-order valence-electron chi connectivity index (χ2n) is 6.87. The second kappa shape index (κ2) is 8.39. The third kappa shape index (κ3) is 4.48. The van der Waals surface area contributed by atoms with Crippen LogP contribution in [0.3, 0.4) is 0 Å². The van der Waals surface area contributed by atoms with E-state index in [9.17, 15) is 19.7 Å². The highest BCUT2D eigenvalue weighted by Crippen LogP contribution is 2.28. The number of aryl methyl sites for hydroxylation is 1. The fourth-order valence-electron chi connectivity index (χ4n) is 3.23. The van der Waals surface area contributed by atoms with Crippen molar-refractivity contribution in [2.24, 2.45) is 5.92 Å². The topological polar surface area (TPSA) is 92.6 Å². The van der Waals surface area contributed by atoms with Crippen LogP contribution in [0.15, 0.2) is 42.5 Å². The molecule has 1 saturated heterocycles. The van der Waals surface area contributed by atoms with Crippen molar-refractivity contribution in [2.75, 3.05) is 18.4 Å². The maximum atomic E-state index is 12.7. The van der Waals surface area contributed by atoms with Crippen molar-refractivity contribution < 1.29 is 14.5 Å². The number of rotatable bonds is 4.